The Morgan fingerprint density at radius 3 is 2.45 bits per heavy atom. The summed E-state index contributed by atoms with van der Waals surface area (Å²) in [5.41, 5.74) is 3.48. The monoisotopic (exact) mass is 467 g/mol. The highest BCUT2D eigenvalue weighted by molar-refractivity contribution is 6.76. The number of benzene rings is 2. The highest BCUT2D eigenvalue weighted by Crippen LogP contribution is 2.20. The average molecular weight is 468 g/mol. The van der Waals surface area contributed by atoms with E-state index < -0.39 is 14.2 Å². The molecule has 2 aromatic carbocycles. The van der Waals surface area contributed by atoms with E-state index in [1.54, 1.807) is 0 Å². The van der Waals surface area contributed by atoms with E-state index in [1.807, 2.05) is 65.4 Å². The SMILES string of the molecule is C[Si](C)(C)CCOCn1cc(-c2ccc(CO)cc2)nc1CNC(=O)OCc1ccccc1. The Labute approximate surface area is 196 Å². The first-order chi connectivity index (χ1) is 15.8. The number of ether oxygens (including phenoxy) is 2. The van der Waals surface area contributed by atoms with Gasteiger partial charge in [-0.25, -0.2) is 9.78 Å². The van der Waals surface area contributed by atoms with Crippen molar-refractivity contribution in [2.24, 2.45) is 0 Å². The molecule has 176 valence electrons. The van der Waals surface area contributed by atoms with Crippen molar-refractivity contribution in [3.05, 3.63) is 77.7 Å². The van der Waals surface area contributed by atoms with Crippen molar-refractivity contribution >= 4 is 14.2 Å². The molecule has 0 aliphatic carbocycles. The van der Waals surface area contributed by atoms with Crippen LogP contribution in [-0.4, -0.2) is 35.4 Å². The zero-order chi connectivity index (χ0) is 23.7. The summed E-state index contributed by atoms with van der Waals surface area (Å²) in [5.74, 6) is 0.681. The van der Waals surface area contributed by atoms with E-state index in [-0.39, 0.29) is 19.8 Å². The zero-order valence-corrected chi connectivity index (χ0v) is 20.6. The Morgan fingerprint density at radius 2 is 1.79 bits per heavy atom. The number of aliphatic hydroxyl groups excluding tert-OH is 1. The van der Waals surface area contributed by atoms with Crippen LogP contribution in [0.3, 0.4) is 0 Å². The number of amides is 1. The van der Waals surface area contributed by atoms with E-state index in [2.05, 4.69) is 25.0 Å². The molecule has 0 saturated heterocycles. The maximum absolute atomic E-state index is 12.2. The molecule has 0 fully saturated rings. The Hall–Kier alpha value is -2.94. The summed E-state index contributed by atoms with van der Waals surface area (Å²) in [6.45, 7) is 8.44. The van der Waals surface area contributed by atoms with Gasteiger partial charge >= 0.3 is 6.09 Å². The number of carbonyl (C=O) groups excluding carboxylic acids is 1. The minimum Gasteiger partial charge on any atom is -0.445 e. The van der Waals surface area contributed by atoms with Crippen molar-refractivity contribution in [3.8, 4) is 11.3 Å². The molecule has 0 aliphatic heterocycles. The summed E-state index contributed by atoms with van der Waals surface area (Å²) in [6.07, 6.45) is 1.43. The lowest BCUT2D eigenvalue weighted by molar-refractivity contribution is 0.0845. The Bertz CT molecular complexity index is 1010. The number of hydrogen-bond acceptors (Lipinski definition) is 5. The highest BCUT2D eigenvalue weighted by Gasteiger charge is 2.14. The van der Waals surface area contributed by atoms with E-state index in [9.17, 15) is 9.90 Å². The van der Waals surface area contributed by atoms with Gasteiger partial charge in [0, 0.05) is 26.4 Å². The maximum Gasteiger partial charge on any atom is 0.407 e. The molecule has 0 unspecified atom stereocenters. The maximum atomic E-state index is 12.2. The highest BCUT2D eigenvalue weighted by atomic mass is 28.3. The molecule has 2 N–H and O–H groups in total. The van der Waals surface area contributed by atoms with Crippen molar-refractivity contribution in [2.75, 3.05) is 6.61 Å². The molecule has 0 radical (unpaired) electrons. The van der Waals surface area contributed by atoms with Gasteiger partial charge < -0.3 is 24.5 Å². The van der Waals surface area contributed by atoms with Gasteiger partial charge in [0.05, 0.1) is 18.8 Å². The molecule has 0 spiro atoms. The molecule has 7 nitrogen and oxygen atoms in total. The lowest BCUT2D eigenvalue weighted by Gasteiger charge is -2.16. The normalized spacial score (nSPS) is 11.4. The number of rotatable bonds is 11. The smallest absolute Gasteiger partial charge is 0.407 e. The van der Waals surface area contributed by atoms with Crippen LogP contribution in [0.25, 0.3) is 11.3 Å². The molecule has 0 atom stereocenters. The molecule has 1 aromatic heterocycles. The van der Waals surface area contributed by atoms with E-state index in [4.69, 9.17) is 14.5 Å². The summed E-state index contributed by atoms with van der Waals surface area (Å²) >= 11 is 0. The van der Waals surface area contributed by atoms with Crippen LogP contribution in [-0.2, 0) is 36.0 Å². The predicted molar refractivity (Wildman–Crippen MR) is 131 cm³/mol. The molecular weight excluding hydrogens is 434 g/mol. The lowest BCUT2D eigenvalue weighted by Crippen LogP contribution is -2.26. The van der Waals surface area contributed by atoms with Gasteiger partial charge in [0.15, 0.2) is 0 Å². The van der Waals surface area contributed by atoms with Crippen LogP contribution in [0, 0.1) is 0 Å². The molecule has 8 heteroatoms. The molecule has 1 heterocycles. The average Bonchev–Trinajstić information content (AvgIpc) is 3.22. The number of aromatic nitrogens is 2. The van der Waals surface area contributed by atoms with Crippen LogP contribution in [0.5, 0.6) is 0 Å². The fourth-order valence-electron chi connectivity index (χ4n) is 3.09. The molecule has 3 aromatic rings. The van der Waals surface area contributed by atoms with Crippen molar-refractivity contribution in [1.82, 2.24) is 14.9 Å². The number of aliphatic hydroxyl groups is 1. The lowest BCUT2D eigenvalue weighted by atomic mass is 10.1. The minimum absolute atomic E-state index is 0.0000854. The number of alkyl carbamates (subject to hydrolysis) is 1. The number of nitrogens with zero attached hydrogens (tertiary/aromatic N) is 2. The van der Waals surface area contributed by atoms with Crippen LogP contribution < -0.4 is 5.32 Å². The fraction of sp³-hybridized carbons (Fsp3) is 0.360. The van der Waals surface area contributed by atoms with Gasteiger partial charge in [-0.15, -0.1) is 0 Å². The number of nitrogens with one attached hydrogen (secondary N) is 1. The molecule has 0 aliphatic rings. The Kier molecular flexibility index (Phi) is 8.82. The van der Waals surface area contributed by atoms with Crippen LogP contribution in [0.1, 0.15) is 17.0 Å². The molecule has 0 bridgehead atoms. The first-order valence-corrected chi connectivity index (χ1v) is 14.8. The largest absolute Gasteiger partial charge is 0.445 e. The Balaban J connectivity index is 1.64. The second-order valence-corrected chi connectivity index (χ2v) is 14.8. The second kappa shape index (κ2) is 11.8. The second-order valence-electron chi connectivity index (χ2n) is 9.13. The van der Waals surface area contributed by atoms with Gasteiger partial charge in [0.25, 0.3) is 0 Å². The van der Waals surface area contributed by atoms with Gasteiger partial charge in [-0.2, -0.15) is 0 Å². The van der Waals surface area contributed by atoms with Gasteiger partial charge in [-0.05, 0) is 17.2 Å². The number of imidazole rings is 1. The van der Waals surface area contributed by atoms with Crippen LogP contribution in [0.4, 0.5) is 4.79 Å². The molecule has 33 heavy (non-hydrogen) atoms. The van der Waals surface area contributed by atoms with Gasteiger partial charge in [0.2, 0.25) is 0 Å². The van der Waals surface area contributed by atoms with E-state index in [0.29, 0.717) is 19.2 Å². The fourth-order valence-corrected chi connectivity index (χ4v) is 3.85. The standard InChI is InChI=1S/C25H33N3O4Si/c1-33(2,3)14-13-31-19-28-16-23(22-11-9-20(17-29)10-12-22)27-24(28)15-26-25(30)32-18-21-7-5-4-6-8-21/h4-12,16,29H,13-15,17-19H2,1-3H3,(H,26,30). The molecular formula is C25H33N3O4Si. The van der Waals surface area contributed by atoms with Crippen LogP contribution in [0.15, 0.2) is 60.8 Å². The van der Waals surface area contributed by atoms with Crippen molar-refractivity contribution in [3.63, 3.8) is 0 Å². The number of hydrogen-bond donors (Lipinski definition) is 2. The summed E-state index contributed by atoms with van der Waals surface area (Å²) in [7, 11) is -1.18. The van der Waals surface area contributed by atoms with E-state index >= 15 is 0 Å². The minimum atomic E-state index is -1.18. The van der Waals surface area contributed by atoms with E-state index in [0.717, 1.165) is 28.4 Å². The predicted octanol–water partition coefficient (Wildman–Crippen LogP) is 4.78. The van der Waals surface area contributed by atoms with E-state index in [1.165, 1.54) is 0 Å². The van der Waals surface area contributed by atoms with Gasteiger partial charge in [-0.3, -0.25) is 0 Å². The summed E-state index contributed by atoms with van der Waals surface area (Å²) in [6, 6.07) is 18.2. The molecule has 0 saturated carbocycles. The molecule has 3 rings (SSSR count). The summed E-state index contributed by atoms with van der Waals surface area (Å²) in [4.78, 5) is 16.9. The van der Waals surface area contributed by atoms with Gasteiger partial charge in [-0.1, -0.05) is 74.2 Å². The summed E-state index contributed by atoms with van der Waals surface area (Å²) < 4.78 is 13.1. The van der Waals surface area contributed by atoms with Crippen LogP contribution in [0.2, 0.25) is 25.7 Å². The third-order valence-corrected chi connectivity index (χ3v) is 6.83. The van der Waals surface area contributed by atoms with Crippen molar-refractivity contribution < 1.29 is 19.4 Å². The van der Waals surface area contributed by atoms with Crippen molar-refractivity contribution in [1.29, 1.82) is 0 Å². The Morgan fingerprint density at radius 1 is 1.06 bits per heavy atom. The third kappa shape index (κ3) is 8.16. The third-order valence-electron chi connectivity index (χ3n) is 5.12. The first-order valence-electron chi connectivity index (χ1n) is 11.1. The number of carbonyl (C=O) groups is 1. The molecule has 1 amide bonds. The van der Waals surface area contributed by atoms with Crippen molar-refractivity contribution in [2.45, 2.75) is 52.2 Å². The van der Waals surface area contributed by atoms with Crippen LogP contribution >= 0.6 is 0 Å². The topological polar surface area (TPSA) is 85.6 Å². The quantitative estimate of drug-likeness (QED) is 0.313. The van der Waals surface area contributed by atoms with Gasteiger partial charge in [0.1, 0.15) is 19.2 Å². The first kappa shape index (κ1) is 24.7. The zero-order valence-electron chi connectivity index (χ0n) is 19.6. The summed E-state index contributed by atoms with van der Waals surface area (Å²) in [5, 5.41) is 12.1.